The van der Waals surface area contributed by atoms with Gasteiger partial charge < -0.3 is 0 Å². The van der Waals surface area contributed by atoms with Crippen LogP contribution in [-0.2, 0) is 5.41 Å². The molecule has 12 aromatic rings. The SMILES string of the molecule is c1ccc2c(c1)-c1ccccc1C21c2c(ccc3cc(-c4c5ccccc5c(-c5ccc6ccccc6c5)c5ccccc45)ccc23)-c2c1c1ccccc1c1ccccc21. The van der Waals surface area contributed by atoms with Crippen molar-refractivity contribution in [3.63, 3.8) is 0 Å². The second-order valence-corrected chi connectivity index (χ2v) is 17.0. The molecule has 0 fully saturated rings. The lowest BCUT2D eigenvalue weighted by Crippen LogP contribution is -2.26. The third-order valence-electron chi connectivity index (χ3n) is 14.2. The van der Waals surface area contributed by atoms with Gasteiger partial charge in [-0.25, -0.2) is 0 Å². The maximum absolute atomic E-state index is 2.47. The van der Waals surface area contributed by atoms with E-state index in [2.05, 4.69) is 218 Å². The molecular formula is C61H36. The summed E-state index contributed by atoms with van der Waals surface area (Å²) in [5, 5.41) is 15.4. The molecule has 0 nitrogen and oxygen atoms in total. The van der Waals surface area contributed by atoms with Gasteiger partial charge in [0.15, 0.2) is 0 Å². The zero-order valence-electron chi connectivity index (χ0n) is 33.3. The molecule has 0 heteroatoms. The van der Waals surface area contributed by atoms with E-state index in [-0.39, 0.29) is 0 Å². The monoisotopic (exact) mass is 768 g/mol. The van der Waals surface area contributed by atoms with Crippen molar-refractivity contribution in [2.24, 2.45) is 0 Å². The first-order valence-electron chi connectivity index (χ1n) is 21.4. The maximum atomic E-state index is 2.47. The van der Waals surface area contributed by atoms with Crippen LogP contribution in [0.4, 0.5) is 0 Å². The first-order valence-corrected chi connectivity index (χ1v) is 21.4. The van der Waals surface area contributed by atoms with Crippen LogP contribution in [0.15, 0.2) is 218 Å². The van der Waals surface area contributed by atoms with E-state index in [1.165, 1.54) is 131 Å². The molecule has 0 amide bonds. The average molecular weight is 769 g/mol. The number of rotatable bonds is 2. The minimum atomic E-state index is -0.497. The van der Waals surface area contributed by atoms with Gasteiger partial charge in [0.1, 0.15) is 0 Å². The molecule has 0 bridgehead atoms. The molecule has 0 saturated heterocycles. The van der Waals surface area contributed by atoms with Crippen LogP contribution in [-0.4, -0.2) is 0 Å². The van der Waals surface area contributed by atoms with Gasteiger partial charge in [-0.3, -0.25) is 0 Å². The third-order valence-corrected chi connectivity index (χ3v) is 14.2. The Bertz CT molecular complexity index is 3780. The molecule has 2 aliphatic rings. The summed E-state index contributed by atoms with van der Waals surface area (Å²) in [5.41, 5.74) is 15.4. The summed E-state index contributed by atoms with van der Waals surface area (Å²) in [7, 11) is 0. The Morgan fingerprint density at radius 1 is 0.230 bits per heavy atom. The fourth-order valence-electron chi connectivity index (χ4n) is 11.9. The lowest BCUT2D eigenvalue weighted by molar-refractivity contribution is 0.809. The van der Waals surface area contributed by atoms with Crippen molar-refractivity contribution >= 4 is 64.6 Å². The quantitative estimate of drug-likeness (QED) is 0.121. The van der Waals surface area contributed by atoms with Crippen molar-refractivity contribution < 1.29 is 0 Å². The summed E-state index contributed by atoms with van der Waals surface area (Å²) < 4.78 is 0. The average Bonchev–Trinajstić information content (AvgIpc) is 3.81. The lowest BCUT2D eigenvalue weighted by atomic mass is 9.68. The van der Waals surface area contributed by atoms with E-state index in [0.717, 1.165) is 0 Å². The lowest BCUT2D eigenvalue weighted by Gasteiger charge is -2.32. The molecule has 12 aromatic carbocycles. The molecule has 0 saturated carbocycles. The zero-order valence-corrected chi connectivity index (χ0v) is 33.3. The van der Waals surface area contributed by atoms with Crippen LogP contribution in [0.2, 0.25) is 0 Å². The Labute approximate surface area is 353 Å². The number of fused-ring (bicyclic) bond motifs is 20. The van der Waals surface area contributed by atoms with Crippen LogP contribution < -0.4 is 0 Å². The number of hydrogen-bond acceptors (Lipinski definition) is 0. The van der Waals surface area contributed by atoms with Crippen molar-refractivity contribution in [3.8, 4) is 44.5 Å². The molecule has 0 unspecified atom stereocenters. The Morgan fingerprint density at radius 3 is 1.26 bits per heavy atom. The van der Waals surface area contributed by atoms with Crippen LogP contribution in [0.25, 0.3) is 109 Å². The highest BCUT2D eigenvalue weighted by atomic mass is 14.5. The Hall–Kier alpha value is -7.80. The van der Waals surface area contributed by atoms with Gasteiger partial charge >= 0.3 is 0 Å². The van der Waals surface area contributed by atoms with Gasteiger partial charge in [-0.2, -0.15) is 0 Å². The van der Waals surface area contributed by atoms with Crippen LogP contribution in [0.1, 0.15) is 22.3 Å². The van der Waals surface area contributed by atoms with E-state index in [9.17, 15) is 0 Å². The van der Waals surface area contributed by atoms with E-state index < -0.39 is 5.41 Å². The van der Waals surface area contributed by atoms with Crippen molar-refractivity contribution in [1.29, 1.82) is 0 Å². The fourth-order valence-corrected chi connectivity index (χ4v) is 11.9. The van der Waals surface area contributed by atoms with Gasteiger partial charge in [0.05, 0.1) is 5.41 Å². The smallest absolute Gasteiger partial charge is 0.0619 e. The molecule has 0 N–H and O–H groups in total. The molecule has 0 heterocycles. The predicted octanol–water partition coefficient (Wildman–Crippen LogP) is 16.3. The molecule has 14 rings (SSSR count). The third kappa shape index (κ3) is 4.24. The largest absolute Gasteiger partial charge is 0.0737 e. The molecule has 2 aliphatic carbocycles. The molecule has 280 valence electrons. The van der Waals surface area contributed by atoms with Gasteiger partial charge in [-0.15, -0.1) is 0 Å². The maximum Gasteiger partial charge on any atom is 0.0737 e. The Balaban J connectivity index is 1.09. The molecule has 1 spiro atoms. The van der Waals surface area contributed by atoms with E-state index in [1.807, 2.05) is 0 Å². The number of hydrogen-bond donors (Lipinski definition) is 0. The molecule has 0 radical (unpaired) electrons. The van der Waals surface area contributed by atoms with Crippen molar-refractivity contribution in [2.45, 2.75) is 5.41 Å². The summed E-state index contributed by atoms with van der Waals surface area (Å²) in [6, 6.07) is 82.4. The highest BCUT2D eigenvalue weighted by Gasteiger charge is 2.53. The molecule has 61 heavy (non-hydrogen) atoms. The summed E-state index contributed by atoms with van der Waals surface area (Å²) in [5.74, 6) is 0. The van der Waals surface area contributed by atoms with E-state index in [0.29, 0.717) is 0 Å². The van der Waals surface area contributed by atoms with E-state index in [4.69, 9.17) is 0 Å². The van der Waals surface area contributed by atoms with Crippen LogP contribution in [0.3, 0.4) is 0 Å². The molecule has 0 atom stereocenters. The first-order chi connectivity index (χ1) is 30.3. The van der Waals surface area contributed by atoms with Crippen molar-refractivity contribution in [1.82, 2.24) is 0 Å². The zero-order chi connectivity index (χ0) is 39.8. The van der Waals surface area contributed by atoms with Gasteiger partial charge in [0, 0.05) is 0 Å². The molecule has 0 aliphatic heterocycles. The van der Waals surface area contributed by atoms with Crippen LogP contribution >= 0.6 is 0 Å². The minimum absolute atomic E-state index is 0.497. The fraction of sp³-hybridized carbons (Fsp3) is 0.0164. The predicted molar refractivity (Wildman–Crippen MR) is 259 cm³/mol. The second kappa shape index (κ2) is 12.1. The summed E-state index contributed by atoms with van der Waals surface area (Å²) in [6.07, 6.45) is 0. The Morgan fingerprint density at radius 2 is 0.656 bits per heavy atom. The Kier molecular flexibility index (Phi) is 6.58. The summed E-state index contributed by atoms with van der Waals surface area (Å²) >= 11 is 0. The topological polar surface area (TPSA) is 0 Å². The first kappa shape index (κ1) is 33.1. The molecular weight excluding hydrogens is 733 g/mol. The standard InChI is InChI=1S/C61H36/c1-2-16-38-35-40(30-29-37(38)15-1)56-48-22-6-8-24-50(48)57(51-25-9-7-23-49(51)56)41-32-33-42-39(36-41)31-34-53-58-47-21-5-3-17-43(47)44-18-4-10-26-52(44)60(58)61(59(42)53)54-27-13-11-19-45(54)46-20-12-14-28-55(46)61/h1-36H. The highest BCUT2D eigenvalue weighted by Crippen LogP contribution is 2.66. The van der Waals surface area contributed by atoms with Crippen LogP contribution in [0, 0.1) is 0 Å². The van der Waals surface area contributed by atoms with Gasteiger partial charge in [-0.05, 0) is 144 Å². The normalized spacial score (nSPS) is 13.4. The van der Waals surface area contributed by atoms with Crippen molar-refractivity contribution in [3.05, 3.63) is 241 Å². The second-order valence-electron chi connectivity index (χ2n) is 17.0. The number of benzene rings is 12. The van der Waals surface area contributed by atoms with Gasteiger partial charge in [0.2, 0.25) is 0 Å². The minimum Gasteiger partial charge on any atom is -0.0619 e. The van der Waals surface area contributed by atoms with Gasteiger partial charge in [0.25, 0.3) is 0 Å². The summed E-state index contributed by atoms with van der Waals surface area (Å²) in [4.78, 5) is 0. The summed E-state index contributed by atoms with van der Waals surface area (Å²) in [6.45, 7) is 0. The van der Waals surface area contributed by atoms with Crippen LogP contribution in [0.5, 0.6) is 0 Å². The van der Waals surface area contributed by atoms with Crippen molar-refractivity contribution in [2.75, 3.05) is 0 Å². The van der Waals surface area contributed by atoms with Gasteiger partial charge in [-0.1, -0.05) is 206 Å². The highest BCUT2D eigenvalue weighted by molar-refractivity contribution is 6.24. The molecule has 0 aromatic heterocycles. The van der Waals surface area contributed by atoms with E-state index in [1.54, 1.807) is 0 Å². The van der Waals surface area contributed by atoms with E-state index >= 15 is 0 Å².